The molecule has 1 heterocycles. The van der Waals surface area contributed by atoms with E-state index in [4.69, 9.17) is 5.73 Å². The molecule has 0 spiro atoms. The summed E-state index contributed by atoms with van der Waals surface area (Å²) < 4.78 is 26.8. The predicted octanol–water partition coefficient (Wildman–Crippen LogP) is 1.42. The van der Waals surface area contributed by atoms with Crippen molar-refractivity contribution in [3.63, 3.8) is 0 Å². The molecule has 0 fully saturated rings. The third kappa shape index (κ3) is 5.69. The van der Waals surface area contributed by atoms with Gasteiger partial charge in [-0.2, -0.15) is 0 Å². The van der Waals surface area contributed by atoms with Crippen molar-refractivity contribution in [2.45, 2.75) is 50.6 Å². The summed E-state index contributed by atoms with van der Waals surface area (Å²) in [5, 5.41) is 2.83. The Morgan fingerprint density at radius 3 is 2.54 bits per heavy atom. The number of nitrogens with zero attached hydrogens (tertiary/aromatic N) is 1. The highest BCUT2D eigenvalue weighted by Gasteiger charge is 2.32. The van der Waals surface area contributed by atoms with Gasteiger partial charge in [0.05, 0.1) is 4.90 Å². The number of halogens is 1. The van der Waals surface area contributed by atoms with Gasteiger partial charge in [-0.05, 0) is 37.8 Å². The van der Waals surface area contributed by atoms with Crippen molar-refractivity contribution in [3.05, 3.63) is 29.8 Å². The van der Waals surface area contributed by atoms with Crippen LogP contribution in [-0.4, -0.2) is 38.8 Å². The summed E-state index contributed by atoms with van der Waals surface area (Å²) in [6, 6.07) is 5.97. The lowest BCUT2D eigenvalue weighted by molar-refractivity contribution is -0.122. The Bertz CT molecular complexity index is 763. The maximum atomic E-state index is 12.5. The highest BCUT2D eigenvalue weighted by atomic mass is 35.5. The Balaban J connectivity index is 0.00000338. The number of benzene rings is 1. The maximum absolute atomic E-state index is 12.5. The molecule has 1 aliphatic heterocycles. The van der Waals surface area contributed by atoms with Crippen LogP contribution in [-0.2, 0) is 14.8 Å². The third-order valence-corrected chi connectivity index (χ3v) is 5.24. The summed E-state index contributed by atoms with van der Waals surface area (Å²) in [5.41, 5.74) is 6.19. The average molecular weight is 403 g/mol. The first-order valence-corrected chi connectivity index (χ1v) is 9.92. The van der Waals surface area contributed by atoms with E-state index in [1.807, 2.05) is 20.8 Å². The molecule has 0 radical (unpaired) electrons. The van der Waals surface area contributed by atoms with Crippen molar-refractivity contribution in [3.8, 4) is 0 Å². The minimum absolute atomic E-state index is 0. The van der Waals surface area contributed by atoms with Gasteiger partial charge in [0.15, 0.2) is 0 Å². The lowest BCUT2D eigenvalue weighted by Crippen LogP contribution is -2.38. The van der Waals surface area contributed by atoms with Gasteiger partial charge in [0.25, 0.3) is 10.0 Å². The van der Waals surface area contributed by atoms with Crippen molar-refractivity contribution >= 4 is 34.2 Å². The van der Waals surface area contributed by atoms with Crippen molar-refractivity contribution in [1.29, 1.82) is 0 Å². The number of aliphatic imine (C=N–C) groups is 1. The average Bonchev–Trinajstić information content (AvgIpc) is 2.77. The van der Waals surface area contributed by atoms with Crippen LogP contribution in [0.1, 0.15) is 39.2 Å². The monoisotopic (exact) mass is 402 g/mol. The molecule has 1 aromatic rings. The number of fused-ring (bicyclic) bond motifs is 1. The molecule has 7 nitrogen and oxygen atoms in total. The summed E-state index contributed by atoms with van der Waals surface area (Å²) in [5.74, 6) is 0.246. The molecule has 1 aliphatic rings. The summed E-state index contributed by atoms with van der Waals surface area (Å²) in [6.45, 7) is 6.34. The van der Waals surface area contributed by atoms with Crippen LogP contribution in [0.2, 0.25) is 0 Å². The number of nitrogens with two attached hydrogens (primary N) is 1. The van der Waals surface area contributed by atoms with Gasteiger partial charge in [0.2, 0.25) is 5.91 Å². The summed E-state index contributed by atoms with van der Waals surface area (Å²) in [4.78, 5) is 17.1. The molecule has 0 saturated heterocycles. The van der Waals surface area contributed by atoms with E-state index in [-0.39, 0.29) is 41.0 Å². The number of amidine groups is 1. The molecule has 1 amide bonds. The van der Waals surface area contributed by atoms with E-state index in [2.05, 4.69) is 15.0 Å². The number of hydrogen-bond acceptors (Lipinski definition) is 5. The van der Waals surface area contributed by atoms with Crippen LogP contribution < -0.4 is 15.8 Å². The Hall–Kier alpha value is -1.64. The van der Waals surface area contributed by atoms with E-state index < -0.39 is 16.1 Å². The molecule has 0 saturated carbocycles. The molecule has 0 aromatic heterocycles. The Labute approximate surface area is 161 Å². The summed E-state index contributed by atoms with van der Waals surface area (Å²) in [7, 11) is -3.61. The zero-order valence-electron chi connectivity index (χ0n) is 15.2. The van der Waals surface area contributed by atoms with E-state index in [9.17, 15) is 13.2 Å². The number of amides is 1. The van der Waals surface area contributed by atoms with Gasteiger partial charge in [0.1, 0.15) is 11.9 Å². The van der Waals surface area contributed by atoms with E-state index in [0.717, 1.165) is 0 Å². The van der Waals surface area contributed by atoms with Crippen molar-refractivity contribution in [2.75, 3.05) is 6.54 Å². The second kappa shape index (κ2) is 9.34. The largest absolute Gasteiger partial charge is 0.354 e. The fraction of sp³-hybridized carbons (Fsp3) is 0.529. The molecule has 2 rings (SSSR count). The van der Waals surface area contributed by atoms with Gasteiger partial charge in [-0.25, -0.2) is 8.42 Å². The molecule has 2 atom stereocenters. The highest BCUT2D eigenvalue weighted by Crippen LogP contribution is 2.23. The maximum Gasteiger partial charge on any atom is 0.263 e. The SMILES string of the molecule is CC(C)CC(N=C1NS(=O)(=O)c2ccccc21)C(=O)NCCC(C)N.Cl. The molecule has 146 valence electrons. The summed E-state index contributed by atoms with van der Waals surface area (Å²) >= 11 is 0. The first-order chi connectivity index (χ1) is 11.7. The quantitative estimate of drug-likeness (QED) is 0.639. The number of carbonyl (C=O) groups is 1. The van der Waals surface area contributed by atoms with Gasteiger partial charge in [-0.15, -0.1) is 12.4 Å². The second-order valence-electron chi connectivity index (χ2n) is 6.78. The molecular formula is C17H27ClN4O3S. The van der Waals surface area contributed by atoms with Crippen LogP contribution in [0.4, 0.5) is 0 Å². The number of carbonyl (C=O) groups excluding carboxylic acids is 1. The van der Waals surface area contributed by atoms with Gasteiger partial charge >= 0.3 is 0 Å². The Kier molecular flexibility index (Phi) is 8.05. The zero-order chi connectivity index (χ0) is 18.6. The minimum atomic E-state index is -3.61. The third-order valence-electron chi connectivity index (χ3n) is 3.84. The first kappa shape index (κ1) is 22.4. The van der Waals surface area contributed by atoms with Gasteiger partial charge in [0, 0.05) is 18.2 Å². The molecular weight excluding hydrogens is 376 g/mol. The Morgan fingerprint density at radius 1 is 1.27 bits per heavy atom. The van der Waals surface area contributed by atoms with Crippen molar-refractivity contribution < 1.29 is 13.2 Å². The van der Waals surface area contributed by atoms with Gasteiger partial charge in [-0.3, -0.25) is 14.5 Å². The van der Waals surface area contributed by atoms with Crippen molar-refractivity contribution in [2.24, 2.45) is 16.6 Å². The van der Waals surface area contributed by atoms with Crippen LogP contribution in [0.25, 0.3) is 0 Å². The molecule has 0 aliphatic carbocycles. The lowest BCUT2D eigenvalue weighted by Gasteiger charge is -2.16. The predicted molar refractivity (Wildman–Crippen MR) is 105 cm³/mol. The molecule has 1 aromatic carbocycles. The second-order valence-corrected chi connectivity index (χ2v) is 8.43. The zero-order valence-corrected chi connectivity index (χ0v) is 16.9. The number of sulfonamides is 1. The molecule has 26 heavy (non-hydrogen) atoms. The number of rotatable bonds is 7. The standard InChI is InChI=1S/C17H26N4O3S.ClH/c1-11(2)10-14(17(22)19-9-8-12(3)18)20-16-13-6-4-5-7-15(13)25(23,24)21-16;/h4-7,11-12,14H,8-10,18H2,1-3H3,(H,19,22)(H,20,21);1H. The fourth-order valence-electron chi connectivity index (χ4n) is 2.59. The number of nitrogens with one attached hydrogen (secondary N) is 2. The first-order valence-electron chi connectivity index (χ1n) is 8.44. The van der Waals surface area contributed by atoms with Gasteiger partial charge in [-0.1, -0.05) is 26.0 Å². The normalized spacial score (nSPS) is 18.6. The topological polar surface area (TPSA) is 114 Å². The van der Waals surface area contributed by atoms with E-state index in [1.54, 1.807) is 18.2 Å². The van der Waals surface area contributed by atoms with E-state index >= 15 is 0 Å². The Morgan fingerprint density at radius 2 is 1.92 bits per heavy atom. The molecule has 2 unspecified atom stereocenters. The van der Waals surface area contributed by atoms with Crippen molar-refractivity contribution in [1.82, 2.24) is 10.0 Å². The minimum Gasteiger partial charge on any atom is -0.354 e. The smallest absolute Gasteiger partial charge is 0.263 e. The van der Waals surface area contributed by atoms with Crippen LogP contribution >= 0.6 is 12.4 Å². The highest BCUT2D eigenvalue weighted by molar-refractivity contribution is 7.90. The van der Waals surface area contributed by atoms with Crippen LogP contribution in [0.15, 0.2) is 34.2 Å². The number of hydrogen-bond donors (Lipinski definition) is 3. The van der Waals surface area contributed by atoms with Gasteiger partial charge < -0.3 is 11.1 Å². The van der Waals surface area contributed by atoms with Crippen LogP contribution in [0.3, 0.4) is 0 Å². The molecule has 4 N–H and O–H groups in total. The van der Waals surface area contributed by atoms with E-state index in [0.29, 0.717) is 24.9 Å². The van der Waals surface area contributed by atoms with Crippen LogP contribution in [0, 0.1) is 5.92 Å². The van der Waals surface area contributed by atoms with E-state index in [1.165, 1.54) is 6.07 Å². The molecule has 0 bridgehead atoms. The lowest BCUT2D eigenvalue weighted by atomic mass is 10.0. The fourth-order valence-corrected chi connectivity index (χ4v) is 3.83. The molecule has 9 heteroatoms. The summed E-state index contributed by atoms with van der Waals surface area (Å²) in [6.07, 6.45) is 1.20. The van der Waals surface area contributed by atoms with Crippen LogP contribution in [0.5, 0.6) is 0 Å².